The summed E-state index contributed by atoms with van der Waals surface area (Å²) in [5.41, 5.74) is -0.691. The van der Waals surface area contributed by atoms with Crippen LogP contribution in [0.15, 0.2) is 12.3 Å². The number of hydrogen-bond acceptors (Lipinski definition) is 3. The zero-order valence-corrected chi connectivity index (χ0v) is 8.08. The molecule has 13 heavy (non-hydrogen) atoms. The molecule has 2 N–H and O–H groups in total. The topological polar surface area (TPSA) is 52.6 Å². The van der Waals surface area contributed by atoms with Crippen molar-refractivity contribution in [3.8, 4) is 0 Å². The van der Waals surface area contributed by atoms with E-state index in [1.165, 1.54) is 0 Å². The van der Waals surface area contributed by atoms with Gasteiger partial charge in [-0.05, 0) is 13.8 Å². The summed E-state index contributed by atoms with van der Waals surface area (Å²) in [6.07, 6.45) is 3.64. The van der Waals surface area contributed by atoms with Crippen molar-refractivity contribution in [2.75, 3.05) is 19.8 Å². The summed E-state index contributed by atoms with van der Waals surface area (Å²) in [5, 5.41) is 12.1. The second-order valence-electron chi connectivity index (χ2n) is 3.81. The molecular weight excluding hydrogens is 168 g/mol. The van der Waals surface area contributed by atoms with Crippen molar-refractivity contribution in [3.05, 3.63) is 12.3 Å². The summed E-state index contributed by atoms with van der Waals surface area (Å²) in [4.78, 5) is 13.3. The molecule has 1 rings (SSSR count). The molecule has 0 aliphatic carbocycles. The van der Waals surface area contributed by atoms with Crippen LogP contribution in [0.4, 0.5) is 0 Å². The molecule has 74 valence electrons. The molecule has 0 saturated heterocycles. The van der Waals surface area contributed by atoms with E-state index in [1.54, 1.807) is 24.9 Å². The minimum Gasteiger partial charge on any atom is -0.395 e. The first-order valence-corrected chi connectivity index (χ1v) is 4.37. The summed E-state index contributed by atoms with van der Waals surface area (Å²) < 4.78 is 0. The maximum absolute atomic E-state index is 11.7. The lowest BCUT2D eigenvalue weighted by Gasteiger charge is -2.30. The molecule has 1 aliphatic rings. The Bertz CT molecular complexity index is 224. The quantitative estimate of drug-likeness (QED) is 0.630. The van der Waals surface area contributed by atoms with Crippen LogP contribution in [0, 0.1) is 5.41 Å². The Kier molecular flexibility index (Phi) is 3.06. The van der Waals surface area contributed by atoms with Gasteiger partial charge in [0.2, 0.25) is 5.91 Å². The largest absolute Gasteiger partial charge is 0.395 e. The average Bonchev–Trinajstić information content (AvgIpc) is 2.18. The van der Waals surface area contributed by atoms with Gasteiger partial charge in [0.1, 0.15) is 0 Å². The number of carbonyl (C=O) groups is 1. The van der Waals surface area contributed by atoms with Gasteiger partial charge < -0.3 is 10.0 Å². The van der Waals surface area contributed by atoms with Gasteiger partial charge in [0, 0.05) is 12.7 Å². The molecular formula is C9H16N2O2. The smallest absolute Gasteiger partial charge is 0.235 e. The van der Waals surface area contributed by atoms with Gasteiger partial charge in [0.05, 0.1) is 18.7 Å². The average molecular weight is 184 g/mol. The highest BCUT2D eigenvalue weighted by Gasteiger charge is 2.30. The van der Waals surface area contributed by atoms with Crippen LogP contribution >= 0.6 is 0 Å². The molecule has 1 heterocycles. The summed E-state index contributed by atoms with van der Waals surface area (Å²) >= 11 is 0. The van der Waals surface area contributed by atoms with Gasteiger partial charge in [-0.2, -0.15) is 0 Å². The van der Waals surface area contributed by atoms with Crippen molar-refractivity contribution in [1.82, 2.24) is 10.2 Å². The standard InChI is InChI=1S/C9H16N2O2/c1-9(2,6-12)8(13)11-5-3-4-10-7-11/h3,5,10,12H,4,6-7H2,1-2H3. The van der Waals surface area contributed by atoms with Crippen LogP contribution in [0.1, 0.15) is 13.8 Å². The highest BCUT2D eigenvalue weighted by Crippen LogP contribution is 2.18. The van der Waals surface area contributed by atoms with E-state index in [2.05, 4.69) is 5.32 Å². The van der Waals surface area contributed by atoms with E-state index in [-0.39, 0.29) is 12.5 Å². The molecule has 4 heteroatoms. The van der Waals surface area contributed by atoms with E-state index in [1.807, 2.05) is 6.08 Å². The number of nitrogens with one attached hydrogen (secondary N) is 1. The third-order valence-electron chi connectivity index (χ3n) is 2.06. The highest BCUT2D eigenvalue weighted by atomic mass is 16.3. The van der Waals surface area contributed by atoms with Crippen LogP contribution in [0.3, 0.4) is 0 Å². The Morgan fingerprint density at radius 3 is 2.85 bits per heavy atom. The molecule has 0 aromatic carbocycles. The Balaban J connectivity index is 2.66. The third kappa shape index (κ3) is 2.29. The Hall–Kier alpha value is -0.870. The Labute approximate surface area is 78.2 Å². The van der Waals surface area contributed by atoms with Crippen LogP contribution in [-0.4, -0.2) is 35.7 Å². The summed E-state index contributed by atoms with van der Waals surface area (Å²) in [7, 11) is 0. The van der Waals surface area contributed by atoms with Crippen molar-refractivity contribution < 1.29 is 9.90 Å². The van der Waals surface area contributed by atoms with E-state index in [4.69, 9.17) is 5.11 Å². The molecule has 0 radical (unpaired) electrons. The fourth-order valence-corrected chi connectivity index (χ4v) is 1.10. The van der Waals surface area contributed by atoms with E-state index in [0.717, 1.165) is 6.54 Å². The SMILES string of the molecule is CC(C)(CO)C(=O)N1C=CCNC1. The van der Waals surface area contributed by atoms with Crippen LogP contribution < -0.4 is 5.32 Å². The van der Waals surface area contributed by atoms with Crippen LogP contribution in [0.2, 0.25) is 0 Å². The summed E-state index contributed by atoms with van der Waals surface area (Å²) in [6.45, 7) is 4.66. The monoisotopic (exact) mass is 184 g/mol. The Morgan fingerprint density at radius 2 is 2.38 bits per heavy atom. The number of hydrogen-bond donors (Lipinski definition) is 2. The molecule has 0 atom stereocenters. The van der Waals surface area contributed by atoms with Crippen molar-refractivity contribution in [3.63, 3.8) is 0 Å². The lowest BCUT2D eigenvalue weighted by atomic mass is 9.93. The van der Waals surface area contributed by atoms with Gasteiger partial charge in [0.15, 0.2) is 0 Å². The number of nitrogens with zero attached hydrogens (tertiary/aromatic N) is 1. The first-order chi connectivity index (χ1) is 6.08. The van der Waals surface area contributed by atoms with Crippen LogP contribution in [-0.2, 0) is 4.79 Å². The number of amides is 1. The summed E-state index contributed by atoms with van der Waals surface area (Å²) in [5.74, 6) is -0.0570. The molecule has 0 fully saturated rings. The van der Waals surface area contributed by atoms with Gasteiger partial charge in [-0.15, -0.1) is 0 Å². The molecule has 0 bridgehead atoms. The minimum atomic E-state index is -0.691. The van der Waals surface area contributed by atoms with Gasteiger partial charge in [-0.25, -0.2) is 0 Å². The van der Waals surface area contributed by atoms with E-state index in [0.29, 0.717) is 6.67 Å². The first-order valence-electron chi connectivity index (χ1n) is 4.37. The van der Waals surface area contributed by atoms with Crippen LogP contribution in [0.5, 0.6) is 0 Å². The van der Waals surface area contributed by atoms with E-state index >= 15 is 0 Å². The number of aliphatic hydroxyl groups excluding tert-OH is 1. The molecule has 1 amide bonds. The number of aliphatic hydroxyl groups is 1. The van der Waals surface area contributed by atoms with Crippen molar-refractivity contribution >= 4 is 5.91 Å². The normalized spacial score (nSPS) is 17.6. The molecule has 0 aromatic rings. The fourth-order valence-electron chi connectivity index (χ4n) is 1.10. The molecule has 0 saturated carbocycles. The maximum atomic E-state index is 11.7. The van der Waals surface area contributed by atoms with Gasteiger partial charge >= 0.3 is 0 Å². The lowest BCUT2D eigenvalue weighted by Crippen LogP contribution is -2.45. The highest BCUT2D eigenvalue weighted by molar-refractivity contribution is 5.83. The van der Waals surface area contributed by atoms with Gasteiger partial charge in [-0.3, -0.25) is 10.1 Å². The molecule has 0 unspecified atom stereocenters. The third-order valence-corrected chi connectivity index (χ3v) is 2.06. The minimum absolute atomic E-state index is 0.0570. The molecule has 0 aromatic heterocycles. The van der Waals surface area contributed by atoms with Crippen LogP contribution in [0.25, 0.3) is 0 Å². The van der Waals surface area contributed by atoms with Crippen molar-refractivity contribution in [1.29, 1.82) is 0 Å². The number of carbonyl (C=O) groups excluding carboxylic acids is 1. The first kappa shape index (κ1) is 10.2. The van der Waals surface area contributed by atoms with Gasteiger partial charge in [-0.1, -0.05) is 6.08 Å². The number of rotatable bonds is 2. The Morgan fingerprint density at radius 1 is 1.69 bits per heavy atom. The molecule has 4 nitrogen and oxygen atoms in total. The maximum Gasteiger partial charge on any atom is 0.235 e. The predicted molar refractivity (Wildman–Crippen MR) is 49.7 cm³/mol. The zero-order valence-electron chi connectivity index (χ0n) is 8.08. The van der Waals surface area contributed by atoms with E-state index in [9.17, 15) is 4.79 Å². The molecule has 0 spiro atoms. The second-order valence-corrected chi connectivity index (χ2v) is 3.81. The fraction of sp³-hybridized carbons (Fsp3) is 0.667. The second kappa shape index (κ2) is 3.89. The van der Waals surface area contributed by atoms with Crippen molar-refractivity contribution in [2.45, 2.75) is 13.8 Å². The van der Waals surface area contributed by atoms with E-state index < -0.39 is 5.41 Å². The summed E-state index contributed by atoms with van der Waals surface area (Å²) in [6, 6.07) is 0. The predicted octanol–water partition coefficient (Wildman–Crippen LogP) is -0.0921. The molecule has 1 aliphatic heterocycles. The lowest BCUT2D eigenvalue weighted by molar-refractivity contribution is -0.140. The zero-order chi connectivity index (χ0) is 9.90. The van der Waals surface area contributed by atoms with Gasteiger partial charge in [0.25, 0.3) is 0 Å². The van der Waals surface area contributed by atoms with Crippen molar-refractivity contribution in [2.24, 2.45) is 5.41 Å².